The summed E-state index contributed by atoms with van der Waals surface area (Å²) in [4.78, 5) is 48.1. The third kappa shape index (κ3) is 7.04. The van der Waals surface area contributed by atoms with E-state index in [4.69, 9.17) is 11.6 Å². The lowest BCUT2D eigenvalue weighted by Crippen LogP contribution is -2.45. The number of benzene rings is 2. The van der Waals surface area contributed by atoms with Gasteiger partial charge in [-0.3, -0.25) is 14.4 Å². The number of halogens is 2. The lowest BCUT2D eigenvalue weighted by molar-refractivity contribution is -0.138. The molecule has 208 valence electrons. The topological polar surface area (TPSA) is 97.2 Å². The first-order chi connectivity index (χ1) is 19.7. The van der Waals surface area contributed by atoms with Gasteiger partial charge in [0.15, 0.2) is 5.78 Å². The van der Waals surface area contributed by atoms with E-state index in [0.29, 0.717) is 27.6 Å². The zero-order chi connectivity index (χ0) is 29.5. The van der Waals surface area contributed by atoms with E-state index in [1.165, 1.54) is 29.4 Å². The molecule has 0 saturated carbocycles. The summed E-state index contributed by atoms with van der Waals surface area (Å²) >= 11 is 5.81. The van der Waals surface area contributed by atoms with Crippen LogP contribution in [0.1, 0.15) is 40.9 Å². The quantitative estimate of drug-likeness (QED) is 0.181. The van der Waals surface area contributed by atoms with Gasteiger partial charge in [-0.25, -0.2) is 14.4 Å². The lowest BCUT2D eigenvalue weighted by Gasteiger charge is -2.26. The zero-order valence-electron chi connectivity index (χ0n) is 22.5. The first-order valence-electron chi connectivity index (χ1n) is 12.7. The second kappa shape index (κ2) is 13.0. The van der Waals surface area contributed by atoms with E-state index in [9.17, 15) is 18.8 Å². The summed E-state index contributed by atoms with van der Waals surface area (Å²) in [5.74, 6) is 4.37. The molecule has 0 bridgehead atoms. The predicted molar refractivity (Wildman–Crippen MR) is 155 cm³/mol. The van der Waals surface area contributed by atoms with Crippen molar-refractivity contribution in [1.29, 1.82) is 0 Å². The normalized spacial score (nSPS) is 10.7. The number of aromatic nitrogens is 3. The number of rotatable bonds is 9. The van der Waals surface area contributed by atoms with Gasteiger partial charge in [0, 0.05) is 58.8 Å². The molecule has 0 atom stereocenters. The Bertz CT molecular complexity index is 1690. The maximum Gasteiger partial charge on any atom is 0.243 e. The molecule has 0 spiro atoms. The number of hydrogen-bond donors (Lipinski definition) is 1. The zero-order valence-corrected chi connectivity index (χ0v) is 23.3. The molecule has 2 aromatic heterocycles. The van der Waals surface area contributed by atoms with Gasteiger partial charge in [0.2, 0.25) is 11.8 Å². The molecule has 2 aromatic carbocycles. The minimum atomic E-state index is -0.598. The Kier molecular flexibility index (Phi) is 9.27. The average Bonchev–Trinajstić information content (AvgIpc) is 3.32. The van der Waals surface area contributed by atoms with Crippen LogP contribution in [0.25, 0.3) is 10.9 Å². The summed E-state index contributed by atoms with van der Waals surface area (Å²) in [6.07, 6.45) is 7.44. The number of carbonyl (C=O) groups is 3. The molecule has 10 heteroatoms. The van der Waals surface area contributed by atoms with Crippen LogP contribution in [0.15, 0.2) is 74.0 Å². The van der Waals surface area contributed by atoms with E-state index in [0.717, 1.165) is 0 Å². The number of ketones is 1. The van der Waals surface area contributed by atoms with Crippen LogP contribution in [0.4, 0.5) is 4.39 Å². The second-order valence-corrected chi connectivity index (χ2v) is 9.86. The molecular formula is C31H27ClFN5O3. The number of allylic oxidation sites excluding steroid dienone is 1. The van der Waals surface area contributed by atoms with Gasteiger partial charge in [0.25, 0.3) is 0 Å². The van der Waals surface area contributed by atoms with Crippen molar-refractivity contribution in [1.82, 2.24) is 24.8 Å². The van der Waals surface area contributed by atoms with E-state index in [1.807, 2.05) is 0 Å². The molecule has 0 unspecified atom stereocenters. The molecule has 4 rings (SSSR count). The number of nitrogens with zero attached hydrogens (tertiary/aromatic N) is 4. The van der Waals surface area contributed by atoms with Crippen LogP contribution in [0, 0.1) is 17.7 Å². The van der Waals surface area contributed by atoms with Crippen molar-refractivity contribution >= 4 is 40.1 Å². The number of nitrogens with one attached hydrogen (secondary N) is 1. The Morgan fingerprint density at radius 2 is 1.88 bits per heavy atom. The summed E-state index contributed by atoms with van der Waals surface area (Å²) in [5, 5.41) is 3.23. The highest BCUT2D eigenvalue weighted by molar-refractivity contribution is 6.30. The van der Waals surface area contributed by atoms with Crippen LogP contribution in [0.5, 0.6) is 0 Å². The highest BCUT2D eigenvalue weighted by Gasteiger charge is 2.23. The van der Waals surface area contributed by atoms with Crippen molar-refractivity contribution < 1.29 is 18.8 Å². The van der Waals surface area contributed by atoms with Crippen LogP contribution >= 0.6 is 11.6 Å². The molecular weight excluding hydrogens is 545 g/mol. The molecule has 0 aliphatic carbocycles. The fraction of sp³-hybridized carbons (Fsp3) is 0.194. The number of amides is 2. The molecule has 0 aliphatic rings. The van der Waals surface area contributed by atoms with Gasteiger partial charge in [-0.15, -0.1) is 0 Å². The fourth-order valence-electron chi connectivity index (χ4n) is 4.20. The summed E-state index contributed by atoms with van der Waals surface area (Å²) in [7, 11) is 0. The average molecular weight is 572 g/mol. The molecule has 0 saturated heterocycles. The van der Waals surface area contributed by atoms with Crippen LogP contribution in [0.3, 0.4) is 0 Å². The van der Waals surface area contributed by atoms with Crippen LogP contribution < -0.4 is 5.32 Å². The molecule has 0 aliphatic heterocycles. The Hall–Kier alpha value is -4.81. The van der Waals surface area contributed by atoms with E-state index in [1.54, 1.807) is 61.3 Å². The number of hydrogen-bond acceptors (Lipinski definition) is 5. The van der Waals surface area contributed by atoms with Gasteiger partial charge in [-0.05, 0) is 44.2 Å². The number of carbonyl (C=O) groups excluding carboxylic acids is 3. The predicted octanol–water partition coefficient (Wildman–Crippen LogP) is 4.55. The summed E-state index contributed by atoms with van der Waals surface area (Å²) in [6, 6.07) is 9.62. The molecule has 0 radical (unpaired) electrons. The smallest absolute Gasteiger partial charge is 0.243 e. The van der Waals surface area contributed by atoms with Crippen LogP contribution in [-0.4, -0.2) is 49.6 Å². The molecule has 2 amide bonds. The monoisotopic (exact) mass is 571 g/mol. The van der Waals surface area contributed by atoms with Gasteiger partial charge < -0.3 is 14.8 Å². The minimum Gasteiger partial charge on any atom is -0.350 e. The first-order valence-corrected chi connectivity index (χ1v) is 13.1. The van der Waals surface area contributed by atoms with Crippen molar-refractivity contribution in [2.24, 2.45) is 0 Å². The van der Waals surface area contributed by atoms with Gasteiger partial charge in [0.1, 0.15) is 18.7 Å². The molecule has 1 N–H and O–H groups in total. The summed E-state index contributed by atoms with van der Waals surface area (Å²) in [5.41, 5.74) is 2.59. The van der Waals surface area contributed by atoms with E-state index >= 15 is 0 Å². The standard InChI is InChI=1S/C31H27ClFN5O3/c1-4-28(39)25-16-37(27-11-10-21(12-24(25)27)8-9-22-13-34-19-35-14-22)18-30(41)38(20(2)3)17-29(40)36-15-23-6-5-7-26(32)31(23)33/h4-7,10-14,16,19-20H,1,15,17-18H2,2-3H3,(H,36,40). The van der Waals surface area contributed by atoms with Crippen molar-refractivity contribution in [3.05, 3.63) is 107 Å². The lowest BCUT2D eigenvalue weighted by atomic mass is 10.1. The van der Waals surface area contributed by atoms with E-state index < -0.39 is 11.7 Å². The Balaban J connectivity index is 1.54. The molecule has 41 heavy (non-hydrogen) atoms. The minimum absolute atomic E-state index is 0.0334. The summed E-state index contributed by atoms with van der Waals surface area (Å²) < 4.78 is 15.9. The van der Waals surface area contributed by atoms with Gasteiger partial charge in [-0.1, -0.05) is 42.2 Å². The van der Waals surface area contributed by atoms with Gasteiger partial charge >= 0.3 is 0 Å². The third-order valence-corrected chi connectivity index (χ3v) is 6.61. The maximum atomic E-state index is 14.2. The van der Waals surface area contributed by atoms with E-state index in [2.05, 4.69) is 33.7 Å². The molecule has 2 heterocycles. The van der Waals surface area contributed by atoms with Crippen molar-refractivity contribution in [3.8, 4) is 11.8 Å². The fourth-order valence-corrected chi connectivity index (χ4v) is 4.40. The summed E-state index contributed by atoms with van der Waals surface area (Å²) in [6.45, 7) is 6.79. The first kappa shape index (κ1) is 29.2. The Morgan fingerprint density at radius 1 is 1.15 bits per heavy atom. The SMILES string of the molecule is C=CC(=O)c1cn(CC(=O)N(CC(=O)NCc2cccc(Cl)c2F)C(C)C)c2ccc(C#Cc3cncnc3)cc12. The van der Waals surface area contributed by atoms with Crippen molar-refractivity contribution in [2.75, 3.05) is 6.54 Å². The maximum absolute atomic E-state index is 14.2. The van der Waals surface area contributed by atoms with Crippen LogP contribution in [0.2, 0.25) is 5.02 Å². The Labute approximate surface area is 241 Å². The second-order valence-electron chi connectivity index (χ2n) is 9.45. The molecule has 0 fully saturated rings. The van der Waals surface area contributed by atoms with Crippen molar-refractivity contribution in [2.45, 2.75) is 33.0 Å². The van der Waals surface area contributed by atoms with Gasteiger partial charge in [0.05, 0.1) is 17.1 Å². The number of fused-ring (bicyclic) bond motifs is 1. The Morgan fingerprint density at radius 3 is 2.59 bits per heavy atom. The molecule has 8 nitrogen and oxygen atoms in total. The highest BCUT2D eigenvalue weighted by atomic mass is 35.5. The van der Waals surface area contributed by atoms with E-state index in [-0.39, 0.29) is 48.0 Å². The highest BCUT2D eigenvalue weighted by Crippen LogP contribution is 2.24. The van der Waals surface area contributed by atoms with Gasteiger partial charge in [-0.2, -0.15) is 0 Å². The third-order valence-electron chi connectivity index (χ3n) is 6.31. The molecule has 4 aromatic rings. The largest absolute Gasteiger partial charge is 0.350 e. The van der Waals surface area contributed by atoms with Crippen molar-refractivity contribution in [3.63, 3.8) is 0 Å². The van der Waals surface area contributed by atoms with Crippen LogP contribution in [-0.2, 0) is 22.7 Å².